The summed E-state index contributed by atoms with van der Waals surface area (Å²) in [4.78, 5) is 0. The molecule has 0 radical (unpaired) electrons. The molecule has 0 aliphatic rings. The smallest absolute Gasteiger partial charge is 0.159 e. The number of fused-ring (bicyclic) bond motifs is 1. The Labute approximate surface area is 128 Å². The number of ether oxygens (including phenoxy) is 1. The molecule has 4 heteroatoms. The van der Waals surface area contributed by atoms with E-state index in [1.54, 1.807) is 7.11 Å². The number of methoxy groups -OCH3 is 1. The first-order valence-corrected chi connectivity index (χ1v) is 7.06. The van der Waals surface area contributed by atoms with Gasteiger partial charge in [-0.1, -0.05) is 35.9 Å². The lowest BCUT2D eigenvalue weighted by atomic mass is 10.00. The Hall–Kier alpha value is -2.13. The number of rotatable bonds is 2. The summed E-state index contributed by atoms with van der Waals surface area (Å²) in [5.41, 5.74) is 3.97. The van der Waals surface area contributed by atoms with Crippen LogP contribution in [-0.2, 0) is 0 Å². The van der Waals surface area contributed by atoms with Crippen molar-refractivity contribution in [1.82, 2.24) is 10.2 Å². The molecule has 3 nitrogen and oxygen atoms in total. The summed E-state index contributed by atoms with van der Waals surface area (Å²) in [6.45, 7) is 4.08. The Bertz CT molecular complexity index is 830. The first-order valence-electron chi connectivity index (χ1n) is 6.68. The Morgan fingerprint density at radius 1 is 1.05 bits per heavy atom. The van der Waals surface area contributed by atoms with Gasteiger partial charge in [0.1, 0.15) is 11.4 Å². The molecule has 21 heavy (non-hydrogen) atoms. The second-order valence-corrected chi connectivity index (χ2v) is 5.40. The fourth-order valence-corrected chi connectivity index (χ4v) is 2.73. The van der Waals surface area contributed by atoms with Crippen LogP contribution in [0, 0.1) is 13.8 Å². The predicted octanol–water partition coefficient (Wildman–Crippen LogP) is 4.58. The fourth-order valence-electron chi connectivity index (χ4n) is 2.53. The van der Waals surface area contributed by atoms with Crippen molar-refractivity contribution in [3.8, 4) is 17.0 Å². The minimum Gasteiger partial charge on any atom is -0.496 e. The molecule has 0 aliphatic heterocycles. The standard InChI is InChI=1S/C17H15ClN2O/c1-10-7-8-12(14(9-10)21-3)16-15-11(2)5-4-6-13(15)17(18)20-19-16/h4-9H,1-3H3. The van der Waals surface area contributed by atoms with E-state index in [-0.39, 0.29) is 0 Å². The molecular formula is C17H15ClN2O. The van der Waals surface area contributed by atoms with Gasteiger partial charge in [-0.2, -0.15) is 0 Å². The minimum absolute atomic E-state index is 0.420. The van der Waals surface area contributed by atoms with E-state index in [1.807, 2.05) is 50.2 Å². The van der Waals surface area contributed by atoms with Crippen LogP contribution in [0.25, 0.3) is 22.0 Å². The Balaban J connectivity index is 2.39. The molecule has 1 aromatic heterocycles. The van der Waals surface area contributed by atoms with Gasteiger partial charge in [0.25, 0.3) is 0 Å². The molecule has 0 amide bonds. The molecule has 3 rings (SSSR count). The Morgan fingerprint density at radius 2 is 1.86 bits per heavy atom. The van der Waals surface area contributed by atoms with E-state index in [9.17, 15) is 0 Å². The summed E-state index contributed by atoms with van der Waals surface area (Å²) in [5.74, 6) is 0.788. The summed E-state index contributed by atoms with van der Waals surface area (Å²) < 4.78 is 5.50. The molecule has 0 aliphatic carbocycles. The Morgan fingerprint density at radius 3 is 2.62 bits per heavy atom. The molecule has 2 aromatic carbocycles. The highest BCUT2D eigenvalue weighted by molar-refractivity contribution is 6.34. The van der Waals surface area contributed by atoms with Crippen LogP contribution in [0.1, 0.15) is 11.1 Å². The van der Waals surface area contributed by atoms with Crippen molar-refractivity contribution in [1.29, 1.82) is 0 Å². The van der Waals surface area contributed by atoms with Crippen LogP contribution in [0.2, 0.25) is 5.15 Å². The summed E-state index contributed by atoms with van der Waals surface area (Å²) in [5, 5.41) is 10.7. The highest BCUT2D eigenvalue weighted by atomic mass is 35.5. The minimum atomic E-state index is 0.420. The van der Waals surface area contributed by atoms with Gasteiger partial charge in [0.2, 0.25) is 0 Å². The molecule has 1 heterocycles. The summed E-state index contributed by atoms with van der Waals surface area (Å²) >= 11 is 6.18. The molecule has 0 unspecified atom stereocenters. The lowest BCUT2D eigenvalue weighted by molar-refractivity contribution is 0.416. The van der Waals surface area contributed by atoms with Crippen molar-refractivity contribution in [2.75, 3.05) is 7.11 Å². The summed E-state index contributed by atoms with van der Waals surface area (Å²) in [6, 6.07) is 12.0. The molecule has 0 saturated carbocycles. The third-order valence-corrected chi connectivity index (χ3v) is 3.86. The van der Waals surface area contributed by atoms with Crippen LogP contribution in [0.5, 0.6) is 5.75 Å². The van der Waals surface area contributed by atoms with Crippen LogP contribution >= 0.6 is 11.6 Å². The van der Waals surface area contributed by atoms with E-state index in [4.69, 9.17) is 16.3 Å². The Kier molecular flexibility index (Phi) is 3.52. The average molecular weight is 299 g/mol. The molecule has 106 valence electrons. The van der Waals surface area contributed by atoms with Crippen LogP contribution in [0.3, 0.4) is 0 Å². The largest absolute Gasteiger partial charge is 0.496 e. The molecule has 0 spiro atoms. The van der Waals surface area contributed by atoms with Gasteiger partial charge in [-0.15, -0.1) is 10.2 Å². The van der Waals surface area contributed by atoms with Gasteiger partial charge in [0.15, 0.2) is 5.15 Å². The third-order valence-electron chi connectivity index (χ3n) is 3.58. The monoisotopic (exact) mass is 298 g/mol. The number of nitrogens with zero attached hydrogens (tertiary/aromatic N) is 2. The first-order chi connectivity index (χ1) is 10.1. The number of aryl methyl sites for hydroxylation is 2. The second kappa shape index (κ2) is 5.34. The van der Waals surface area contributed by atoms with E-state index in [2.05, 4.69) is 10.2 Å². The van der Waals surface area contributed by atoms with E-state index < -0.39 is 0 Å². The third kappa shape index (κ3) is 2.34. The zero-order valence-electron chi connectivity index (χ0n) is 12.1. The van der Waals surface area contributed by atoms with E-state index in [1.165, 1.54) is 0 Å². The predicted molar refractivity (Wildman–Crippen MR) is 86.0 cm³/mol. The maximum absolute atomic E-state index is 6.18. The molecule has 0 N–H and O–H groups in total. The number of aromatic nitrogens is 2. The maximum Gasteiger partial charge on any atom is 0.159 e. The molecule has 0 bridgehead atoms. The highest BCUT2D eigenvalue weighted by Gasteiger charge is 2.15. The highest BCUT2D eigenvalue weighted by Crippen LogP contribution is 2.36. The molecule has 0 saturated heterocycles. The van der Waals surface area contributed by atoms with Crippen LogP contribution < -0.4 is 4.74 Å². The van der Waals surface area contributed by atoms with E-state index in [0.717, 1.165) is 38.9 Å². The van der Waals surface area contributed by atoms with Crippen molar-refractivity contribution in [3.05, 3.63) is 52.7 Å². The molecule has 3 aromatic rings. The SMILES string of the molecule is COc1cc(C)ccc1-c1nnc(Cl)c2cccc(C)c12. The molecule has 0 fully saturated rings. The first kappa shape index (κ1) is 13.8. The van der Waals surface area contributed by atoms with Gasteiger partial charge < -0.3 is 4.74 Å². The van der Waals surface area contributed by atoms with E-state index >= 15 is 0 Å². The maximum atomic E-state index is 6.18. The summed E-state index contributed by atoms with van der Waals surface area (Å²) in [6.07, 6.45) is 0. The van der Waals surface area contributed by atoms with Crippen molar-refractivity contribution < 1.29 is 4.74 Å². The number of halogens is 1. The van der Waals surface area contributed by atoms with Crippen molar-refractivity contribution in [2.45, 2.75) is 13.8 Å². The quantitative estimate of drug-likeness (QED) is 0.695. The zero-order valence-corrected chi connectivity index (χ0v) is 12.9. The van der Waals surface area contributed by atoms with Gasteiger partial charge in [-0.3, -0.25) is 0 Å². The lowest BCUT2D eigenvalue weighted by Gasteiger charge is -2.12. The average Bonchev–Trinajstić information content (AvgIpc) is 2.49. The fraction of sp³-hybridized carbons (Fsp3) is 0.176. The summed E-state index contributed by atoms with van der Waals surface area (Å²) in [7, 11) is 1.66. The normalized spacial score (nSPS) is 10.9. The van der Waals surface area contributed by atoms with Gasteiger partial charge in [0.05, 0.1) is 7.11 Å². The lowest BCUT2D eigenvalue weighted by Crippen LogP contribution is -1.96. The van der Waals surface area contributed by atoms with Crippen LogP contribution in [0.4, 0.5) is 0 Å². The number of hydrogen-bond acceptors (Lipinski definition) is 3. The van der Waals surface area contributed by atoms with Gasteiger partial charge >= 0.3 is 0 Å². The second-order valence-electron chi connectivity index (χ2n) is 5.04. The van der Waals surface area contributed by atoms with Crippen LogP contribution in [-0.4, -0.2) is 17.3 Å². The molecule has 0 atom stereocenters. The van der Waals surface area contributed by atoms with Crippen LogP contribution in [0.15, 0.2) is 36.4 Å². The number of benzene rings is 2. The molecular weight excluding hydrogens is 284 g/mol. The van der Waals surface area contributed by atoms with Gasteiger partial charge in [-0.05, 0) is 37.1 Å². The van der Waals surface area contributed by atoms with Crippen molar-refractivity contribution >= 4 is 22.4 Å². The van der Waals surface area contributed by atoms with Gasteiger partial charge in [-0.25, -0.2) is 0 Å². The van der Waals surface area contributed by atoms with Crippen molar-refractivity contribution in [2.24, 2.45) is 0 Å². The van der Waals surface area contributed by atoms with Gasteiger partial charge in [0, 0.05) is 16.3 Å². The van der Waals surface area contributed by atoms with Crippen molar-refractivity contribution in [3.63, 3.8) is 0 Å². The number of hydrogen-bond donors (Lipinski definition) is 0. The van der Waals surface area contributed by atoms with E-state index in [0.29, 0.717) is 5.15 Å². The topological polar surface area (TPSA) is 35.0 Å². The zero-order chi connectivity index (χ0) is 15.0.